The van der Waals surface area contributed by atoms with Crippen molar-refractivity contribution in [3.63, 3.8) is 0 Å². The first-order valence-corrected chi connectivity index (χ1v) is 8.73. The van der Waals surface area contributed by atoms with Crippen LogP contribution in [0.25, 0.3) is 0 Å². The van der Waals surface area contributed by atoms with Gasteiger partial charge in [0.2, 0.25) is 0 Å². The van der Waals surface area contributed by atoms with Gasteiger partial charge in [-0.2, -0.15) is 0 Å². The largest absolute Gasteiger partial charge is 0.494 e. The topological polar surface area (TPSA) is 64.6 Å². The number of amides is 1. The van der Waals surface area contributed by atoms with Crippen molar-refractivity contribution < 1.29 is 19.1 Å². The molecule has 0 aliphatic heterocycles. The predicted octanol–water partition coefficient (Wildman–Crippen LogP) is 4.30. The molecule has 0 aliphatic rings. The third-order valence-corrected chi connectivity index (χ3v) is 3.89. The Labute approximate surface area is 158 Å². The van der Waals surface area contributed by atoms with Crippen molar-refractivity contribution in [1.82, 2.24) is 0 Å². The minimum absolute atomic E-state index is 0.190. The third-order valence-electron chi connectivity index (χ3n) is 3.65. The lowest BCUT2D eigenvalue weighted by molar-refractivity contribution is -0.147. The molecule has 0 radical (unpaired) electrons. The second kappa shape index (κ2) is 9.82. The number of halogens is 1. The van der Waals surface area contributed by atoms with Crippen LogP contribution >= 0.6 is 11.6 Å². The molecular formula is C20H22ClNO4. The van der Waals surface area contributed by atoms with Crippen molar-refractivity contribution in [3.05, 3.63) is 58.6 Å². The predicted molar refractivity (Wildman–Crippen MR) is 102 cm³/mol. The van der Waals surface area contributed by atoms with Gasteiger partial charge < -0.3 is 14.8 Å². The molecule has 0 atom stereocenters. The quantitative estimate of drug-likeness (QED) is 0.552. The van der Waals surface area contributed by atoms with Gasteiger partial charge in [-0.25, -0.2) is 0 Å². The number of carbonyl (C=O) groups excluding carboxylic acids is 2. The highest BCUT2D eigenvalue weighted by atomic mass is 35.5. The van der Waals surface area contributed by atoms with E-state index in [0.717, 1.165) is 16.9 Å². The molecule has 0 fully saturated rings. The van der Waals surface area contributed by atoms with Crippen LogP contribution in [-0.2, 0) is 14.3 Å². The summed E-state index contributed by atoms with van der Waals surface area (Å²) in [5.74, 6) is -0.0738. The molecule has 0 aliphatic carbocycles. The Balaban J connectivity index is 1.64. The molecule has 0 heterocycles. The lowest BCUT2D eigenvalue weighted by atomic mass is 10.2. The van der Waals surface area contributed by atoms with E-state index in [1.807, 2.05) is 38.1 Å². The Morgan fingerprint density at radius 1 is 1.08 bits per heavy atom. The van der Waals surface area contributed by atoms with E-state index in [1.165, 1.54) is 0 Å². The molecule has 2 rings (SSSR count). The number of hydrogen-bond acceptors (Lipinski definition) is 4. The first kappa shape index (κ1) is 19.8. The van der Waals surface area contributed by atoms with Gasteiger partial charge in [0.15, 0.2) is 6.61 Å². The lowest BCUT2D eigenvalue weighted by Crippen LogP contribution is -2.21. The molecule has 2 aromatic carbocycles. The summed E-state index contributed by atoms with van der Waals surface area (Å²) >= 11 is 5.90. The van der Waals surface area contributed by atoms with Crippen LogP contribution in [-0.4, -0.2) is 25.1 Å². The summed E-state index contributed by atoms with van der Waals surface area (Å²) < 4.78 is 10.5. The van der Waals surface area contributed by atoms with Gasteiger partial charge in [0, 0.05) is 17.1 Å². The number of anilines is 1. The van der Waals surface area contributed by atoms with Gasteiger partial charge >= 0.3 is 5.97 Å². The molecule has 0 saturated carbocycles. The number of ether oxygens (including phenoxy) is 2. The van der Waals surface area contributed by atoms with E-state index in [-0.39, 0.29) is 13.0 Å². The number of esters is 1. The summed E-state index contributed by atoms with van der Waals surface area (Å²) in [7, 11) is 0. The highest BCUT2D eigenvalue weighted by Gasteiger charge is 2.09. The molecule has 6 heteroatoms. The molecule has 0 spiro atoms. The van der Waals surface area contributed by atoms with Crippen molar-refractivity contribution in [2.75, 3.05) is 18.5 Å². The molecule has 26 heavy (non-hydrogen) atoms. The Hall–Kier alpha value is -2.53. The van der Waals surface area contributed by atoms with Crippen LogP contribution in [0.2, 0.25) is 5.02 Å². The zero-order valence-electron chi connectivity index (χ0n) is 14.9. The van der Waals surface area contributed by atoms with Crippen LogP contribution in [0.5, 0.6) is 5.75 Å². The maximum Gasteiger partial charge on any atom is 0.306 e. The van der Waals surface area contributed by atoms with Gasteiger partial charge in [0.25, 0.3) is 5.91 Å². The number of aryl methyl sites for hydroxylation is 2. The fraction of sp³-hybridized carbons (Fsp3) is 0.300. The van der Waals surface area contributed by atoms with Crippen molar-refractivity contribution in [2.45, 2.75) is 26.7 Å². The van der Waals surface area contributed by atoms with Crippen LogP contribution < -0.4 is 10.1 Å². The Kier molecular flexibility index (Phi) is 7.48. The number of carbonyl (C=O) groups is 2. The van der Waals surface area contributed by atoms with Gasteiger partial charge in [0.1, 0.15) is 5.75 Å². The van der Waals surface area contributed by atoms with Crippen LogP contribution in [0.15, 0.2) is 42.5 Å². The van der Waals surface area contributed by atoms with Gasteiger partial charge in [-0.15, -0.1) is 0 Å². The van der Waals surface area contributed by atoms with E-state index >= 15 is 0 Å². The molecule has 0 aromatic heterocycles. The average Bonchev–Trinajstić information content (AvgIpc) is 2.61. The summed E-state index contributed by atoms with van der Waals surface area (Å²) in [6.07, 6.45) is 0.705. The van der Waals surface area contributed by atoms with E-state index in [0.29, 0.717) is 23.7 Å². The summed E-state index contributed by atoms with van der Waals surface area (Å²) in [5, 5.41) is 3.20. The maximum absolute atomic E-state index is 11.9. The summed E-state index contributed by atoms with van der Waals surface area (Å²) in [6.45, 7) is 3.94. The monoisotopic (exact) mass is 375 g/mol. The molecule has 5 nitrogen and oxygen atoms in total. The van der Waals surface area contributed by atoms with Crippen LogP contribution in [0, 0.1) is 13.8 Å². The molecule has 0 saturated heterocycles. The smallest absolute Gasteiger partial charge is 0.306 e. The molecule has 138 valence electrons. The summed E-state index contributed by atoms with van der Waals surface area (Å²) in [6, 6.07) is 12.9. The SMILES string of the molecule is Cc1ccc(OCCCC(=O)OCC(=O)Nc2cc(Cl)ccc2C)cc1. The highest BCUT2D eigenvalue weighted by molar-refractivity contribution is 6.31. The third kappa shape index (κ3) is 6.76. The van der Waals surface area contributed by atoms with Gasteiger partial charge in [-0.3, -0.25) is 9.59 Å². The molecule has 2 aromatic rings. The zero-order valence-corrected chi connectivity index (χ0v) is 15.6. The number of rotatable bonds is 8. The molecule has 1 amide bonds. The Morgan fingerprint density at radius 2 is 1.81 bits per heavy atom. The fourth-order valence-electron chi connectivity index (χ4n) is 2.17. The van der Waals surface area contributed by atoms with Crippen molar-refractivity contribution in [1.29, 1.82) is 0 Å². The summed E-state index contributed by atoms with van der Waals surface area (Å²) in [5.41, 5.74) is 2.64. The van der Waals surface area contributed by atoms with E-state index in [9.17, 15) is 9.59 Å². The fourth-order valence-corrected chi connectivity index (χ4v) is 2.35. The normalized spacial score (nSPS) is 10.3. The number of benzene rings is 2. The van der Waals surface area contributed by atoms with Crippen LogP contribution in [0.4, 0.5) is 5.69 Å². The van der Waals surface area contributed by atoms with Crippen molar-refractivity contribution in [2.24, 2.45) is 0 Å². The van der Waals surface area contributed by atoms with Crippen molar-refractivity contribution in [3.8, 4) is 5.75 Å². The van der Waals surface area contributed by atoms with E-state index in [1.54, 1.807) is 18.2 Å². The van der Waals surface area contributed by atoms with Crippen molar-refractivity contribution >= 4 is 29.2 Å². The van der Waals surface area contributed by atoms with E-state index in [2.05, 4.69) is 5.32 Å². The maximum atomic E-state index is 11.9. The van der Waals surface area contributed by atoms with E-state index in [4.69, 9.17) is 21.1 Å². The number of nitrogens with one attached hydrogen (secondary N) is 1. The van der Waals surface area contributed by atoms with Crippen LogP contribution in [0.1, 0.15) is 24.0 Å². The summed E-state index contributed by atoms with van der Waals surface area (Å²) in [4.78, 5) is 23.6. The average molecular weight is 376 g/mol. The van der Waals surface area contributed by atoms with Gasteiger partial charge in [0.05, 0.1) is 6.61 Å². The lowest BCUT2D eigenvalue weighted by Gasteiger charge is -2.09. The zero-order chi connectivity index (χ0) is 18.9. The Morgan fingerprint density at radius 3 is 2.54 bits per heavy atom. The second-order valence-corrected chi connectivity index (χ2v) is 6.37. The molecule has 0 unspecified atom stereocenters. The standard InChI is InChI=1S/C20H22ClNO4/c1-14-5-9-17(10-6-14)25-11-3-4-20(24)26-13-19(23)22-18-12-16(21)8-7-15(18)2/h5-10,12H,3-4,11,13H2,1-2H3,(H,22,23). The van der Waals surface area contributed by atoms with Gasteiger partial charge in [-0.1, -0.05) is 35.4 Å². The molecular weight excluding hydrogens is 354 g/mol. The minimum atomic E-state index is -0.435. The highest BCUT2D eigenvalue weighted by Crippen LogP contribution is 2.20. The van der Waals surface area contributed by atoms with Gasteiger partial charge in [-0.05, 0) is 50.1 Å². The van der Waals surface area contributed by atoms with E-state index < -0.39 is 11.9 Å². The van der Waals surface area contributed by atoms with Crippen LogP contribution in [0.3, 0.4) is 0 Å². The first-order valence-electron chi connectivity index (χ1n) is 8.35. The second-order valence-electron chi connectivity index (χ2n) is 5.93. The Bertz CT molecular complexity index is 759. The first-order chi connectivity index (χ1) is 12.4. The molecule has 0 bridgehead atoms. The molecule has 1 N–H and O–H groups in total. The number of hydrogen-bond donors (Lipinski definition) is 1. The minimum Gasteiger partial charge on any atom is -0.494 e.